The molecule has 0 aliphatic heterocycles. The molecular weight excluding hydrogens is 224 g/mol. The summed E-state index contributed by atoms with van der Waals surface area (Å²) in [4.78, 5) is 12.2. The molecular formula is C15H24N2O. The summed E-state index contributed by atoms with van der Waals surface area (Å²) in [6.45, 7) is 5.10. The number of carbonyl (C=O) groups excluding carboxylic acids is 1. The lowest BCUT2D eigenvalue weighted by Gasteiger charge is -2.41. The Labute approximate surface area is 110 Å². The molecule has 0 unspecified atom stereocenters. The summed E-state index contributed by atoms with van der Waals surface area (Å²) in [5, 5.41) is 12.3. The van der Waals surface area contributed by atoms with Crippen LogP contribution in [-0.4, -0.2) is 12.5 Å². The van der Waals surface area contributed by atoms with Gasteiger partial charge in [-0.05, 0) is 37.0 Å². The van der Waals surface area contributed by atoms with Crippen LogP contribution in [0.4, 0.5) is 0 Å². The molecule has 0 bridgehead atoms. The molecule has 0 atom stereocenters. The molecule has 0 aromatic rings. The van der Waals surface area contributed by atoms with Crippen LogP contribution < -0.4 is 5.32 Å². The highest BCUT2D eigenvalue weighted by molar-refractivity contribution is 5.86. The van der Waals surface area contributed by atoms with Crippen molar-refractivity contribution in [1.29, 1.82) is 5.26 Å². The molecule has 0 heterocycles. The molecule has 2 fully saturated rings. The Morgan fingerprint density at radius 1 is 1.33 bits per heavy atom. The van der Waals surface area contributed by atoms with Gasteiger partial charge in [0.25, 0.3) is 0 Å². The molecule has 0 aromatic carbocycles. The summed E-state index contributed by atoms with van der Waals surface area (Å²) >= 11 is 0. The zero-order valence-electron chi connectivity index (χ0n) is 11.6. The van der Waals surface area contributed by atoms with Crippen molar-refractivity contribution < 1.29 is 4.79 Å². The van der Waals surface area contributed by atoms with Gasteiger partial charge in [-0.2, -0.15) is 5.26 Å². The highest BCUT2D eigenvalue weighted by Crippen LogP contribution is 2.45. The highest BCUT2D eigenvalue weighted by atomic mass is 16.2. The van der Waals surface area contributed by atoms with Crippen molar-refractivity contribution in [2.24, 2.45) is 16.7 Å². The Bertz CT molecular complexity index is 357. The van der Waals surface area contributed by atoms with E-state index in [2.05, 4.69) is 25.2 Å². The lowest BCUT2D eigenvalue weighted by Crippen LogP contribution is -2.50. The predicted molar refractivity (Wildman–Crippen MR) is 70.6 cm³/mol. The zero-order valence-corrected chi connectivity index (χ0v) is 11.6. The Morgan fingerprint density at radius 3 is 2.44 bits per heavy atom. The van der Waals surface area contributed by atoms with Crippen LogP contribution in [0.1, 0.15) is 58.8 Å². The van der Waals surface area contributed by atoms with Gasteiger partial charge in [-0.25, -0.2) is 0 Å². The molecule has 0 spiro atoms. The van der Waals surface area contributed by atoms with Crippen molar-refractivity contribution in [3.8, 4) is 6.07 Å². The number of amides is 1. The van der Waals surface area contributed by atoms with E-state index in [1.165, 1.54) is 32.1 Å². The minimum Gasteiger partial charge on any atom is -0.354 e. The number of nitriles is 1. The van der Waals surface area contributed by atoms with Gasteiger partial charge in [-0.15, -0.1) is 0 Å². The van der Waals surface area contributed by atoms with Gasteiger partial charge in [0, 0.05) is 6.54 Å². The van der Waals surface area contributed by atoms with E-state index in [4.69, 9.17) is 0 Å². The molecule has 2 rings (SSSR count). The van der Waals surface area contributed by atoms with Crippen LogP contribution >= 0.6 is 0 Å². The molecule has 2 saturated carbocycles. The van der Waals surface area contributed by atoms with Crippen LogP contribution in [0.15, 0.2) is 0 Å². The van der Waals surface area contributed by atoms with Gasteiger partial charge in [0.15, 0.2) is 0 Å². The minimum atomic E-state index is -0.718. The average molecular weight is 248 g/mol. The standard InChI is InChI=1S/C15H24N2O/c1-12-8-15(9-12,10-16)13(18)17-11-14(2)6-4-3-5-7-14/h12H,3-9,11H2,1-2H3,(H,17,18). The third-order valence-electron chi connectivity index (χ3n) is 4.78. The maximum Gasteiger partial charge on any atom is 0.240 e. The van der Waals surface area contributed by atoms with E-state index in [1.54, 1.807) is 0 Å². The summed E-state index contributed by atoms with van der Waals surface area (Å²) in [5.74, 6) is 0.482. The van der Waals surface area contributed by atoms with E-state index in [1.807, 2.05) is 0 Å². The second kappa shape index (κ2) is 4.91. The summed E-state index contributed by atoms with van der Waals surface area (Å²) in [6, 6.07) is 2.23. The van der Waals surface area contributed by atoms with E-state index in [-0.39, 0.29) is 11.3 Å². The van der Waals surface area contributed by atoms with Crippen molar-refractivity contribution in [2.45, 2.75) is 58.8 Å². The monoisotopic (exact) mass is 248 g/mol. The average Bonchev–Trinajstić information content (AvgIpc) is 2.33. The van der Waals surface area contributed by atoms with Crippen LogP contribution in [0.25, 0.3) is 0 Å². The fourth-order valence-electron chi connectivity index (χ4n) is 3.50. The maximum atomic E-state index is 12.2. The van der Waals surface area contributed by atoms with E-state index in [0.717, 1.165) is 19.4 Å². The smallest absolute Gasteiger partial charge is 0.240 e. The summed E-state index contributed by atoms with van der Waals surface area (Å²) in [6.07, 6.45) is 7.72. The largest absolute Gasteiger partial charge is 0.354 e. The topological polar surface area (TPSA) is 52.9 Å². The Morgan fingerprint density at radius 2 is 1.94 bits per heavy atom. The second-order valence-electron chi connectivity index (χ2n) is 6.76. The van der Waals surface area contributed by atoms with Gasteiger partial charge in [-0.1, -0.05) is 33.1 Å². The van der Waals surface area contributed by atoms with E-state index >= 15 is 0 Å². The van der Waals surface area contributed by atoms with Crippen LogP contribution in [0, 0.1) is 28.1 Å². The van der Waals surface area contributed by atoms with Crippen molar-refractivity contribution in [1.82, 2.24) is 5.32 Å². The number of hydrogen-bond acceptors (Lipinski definition) is 2. The summed E-state index contributed by atoms with van der Waals surface area (Å²) in [5.41, 5.74) is -0.468. The van der Waals surface area contributed by atoms with Crippen molar-refractivity contribution in [3.63, 3.8) is 0 Å². The van der Waals surface area contributed by atoms with Crippen LogP contribution in [0.5, 0.6) is 0 Å². The fourth-order valence-corrected chi connectivity index (χ4v) is 3.50. The first-order chi connectivity index (χ1) is 8.50. The van der Waals surface area contributed by atoms with Crippen LogP contribution in [-0.2, 0) is 4.79 Å². The molecule has 3 nitrogen and oxygen atoms in total. The second-order valence-corrected chi connectivity index (χ2v) is 6.76. The van der Waals surface area contributed by atoms with E-state index < -0.39 is 5.41 Å². The number of hydrogen-bond donors (Lipinski definition) is 1. The van der Waals surface area contributed by atoms with Gasteiger partial charge in [0.1, 0.15) is 5.41 Å². The van der Waals surface area contributed by atoms with Gasteiger partial charge < -0.3 is 5.32 Å². The lowest BCUT2D eigenvalue weighted by molar-refractivity contribution is -0.134. The number of nitrogens with zero attached hydrogens (tertiary/aromatic N) is 1. The molecule has 1 amide bonds. The Kier molecular flexibility index (Phi) is 3.66. The molecule has 0 radical (unpaired) electrons. The van der Waals surface area contributed by atoms with Gasteiger partial charge in [0.05, 0.1) is 6.07 Å². The molecule has 2 aliphatic carbocycles. The quantitative estimate of drug-likeness (QED) is 0.834. The predicted octanol–water partition coefficient (Wildman–Crippen LogP) is 3.01. The van der Waals surface area contributed by atoms with Gasteiger partial charge in [-0.3, -0.25) is 4.79 Å². The first-order valence-electron chi connectivity index (χ1n) is 7.19. The van der Waals surface area contributed by atoms with Gasteiger partial charge >= 0.3 is 0 Å². The third-order valence-corrected chi connectivity index (χ3v) is 4.78. The molecule has 0 aromatic heterocycles. The highest BCUT2D eigenvalue weighted by Gasteiger charge is 2.49. The van der Waals surface area contributed by atoms with Crippen molar-refractivity contribution in [3.05, 3.63) is 0 Å². The minimum absolute atomic E-state index is 0.0325. The van der Waals surface area contributed by atoms with Gasteiger partial charge in [0.2, 0.25) is 5.91 Å². The van der Waals surface area contributed by atoms with Crippen LogP contribution in [0.2, 0.25) is 0 Å². The molecule has 2 aliphatic rings. The normalized spacial score (nSPS) is 34.2. The van der Waals surface area contributed by atoms with E-state index in [9.17, 15) is 10.1 Å². The van der Waals surface area contributed by atoms with Crippen molar-refractivity contribution >= 4 is 5.91 Å². The molecule has 1 N–H and O–H groups in total. The lowest BCUT2D eigenvalue weighted by atomic mass is 9.63. The molecule has 0 saturated heterocycles. The zero-order chi connectivity index (χ0) is 13.2. The van der Waals surface area contributed by atoms with Crippen LogP contribution in [0.3, 0.4) is 0 Å². The Balaban J connectivity index is 1.86. The summed E-state index contributed by atoms with van der Waals surface area (Å²) in [7, 11) is 0. The first kappa shape index (κ1) is 13.4. The number of nitrogens with one attached hydrogen (secondary N) is 1. The Hall–Kier alpha value is -1.04. The molecule has 100 valence electrons. The molecule has 3 heteroatoms. The number of carbonyl (C=O) groups is 1. The summed E-state index contributed by atoms with van der Waals surface area (Å²) < 4.78 is 0. The first-order valence-corrected chi connectivity index (χ1v) is 7.19. The number of rotatable bonds is 3. The third kappa shape index (κ3) is 2.53. The van der Waals surface area contributed by atoms with Crippen molar-refractivity contribution in [2.75, 3.05) is 6.54 Å². The maximum absolute atomic E-state index is 12.2. The SMILES string of the molecule is CC1CC(C#N)(C(=O)NCC2(C)CCCCC2)C1. The fraction of sp³-hybridized carbons (Fsp3) is 0.867. The molecule has 18 heavy (non-hydrogen) atoms. The van der Waals surface area contributed by atoms with E-state index in [0.29, 0.717) is 5.92 Å².